The summed E-state index contributed by atoms with van der Waals surface area (Å²) in [6.45, 7) is 2.24. The van der Waals surface area contributed by atoms with Crippen LogP contribution in [0.25, 0.3) is 0 Å². The van der Waals surface area contributed by atoms with Crippen LogP contribution in [0.15, 0.2) is 23.1 Å². The first-order valence-electron chi connectivity index (χ1n) is 5.94. The summed E-state index contributed by atoms with van der Waals surface area (Å²) >= 11 is 9.56. The lowest BCUT2D eigenvalue weighted by atomic mass is 10.2. The van der Waals surface area contributed by atoms with Crippen LogP contribution in [0.5, 0.6) is 0 Å². The number of sulfonamides is 1. The van der Waals surface area contributed by atoms with Gasteiger partial charge in [0.2, 0.25) is 10.0 Å². The van der Waals surface area contributed by atoms with E-state index in [0.717, 1.165) is 17.3 Å². The number of nitrogens with one attached hydrogen (secondary N) is 1. The Bertz CT molecular complexity index is 542. The van der Waals surface area contributed by atoms with Crippen molar-refractivity contribution in [3.63, 3.8) is 0 Å². The van der Waals surface area contributed by atoms with Gasteiger partial charge in [-0.05, 0) is 30.7 Å². The molecule has 0 spiro atoms. The van der Waals surface area contributed by atoms with Gasteiger partial charge in [-0.15, -0.1) is 0 Å². The molecule has 2 rings (SSSR count). The summed E-state index contributed by atoms with van der Waals surface area (Å²) < 4.78 is 27.2. The maximum atomic E-state index is 12.2. The molecule has 0 saturated carbocycles. The third-order valence-corrected chi connectivity index (χ3v) is 7.48. The Hall–Kier alpha value is 0.120. The molecule has 1 saturated heterocycles. The number of halogens is 1. The Morgan fingerprint density at radius 3 is 2.84 bits per heavy atom. The van der Waals surface area contributed by atoms with Gasteiger partial charge in [-0.3, -0.25) is 0 Å². The molecular formula is C12H16ClNO2S3. The molecule has 1 aliphatic rings. The molecular weight excluding hydrogens is 322 g/mol. The fourth-order valence-electron chi connectivity index (χ4n) is 1.85. The average molecular weight is 338 g/mol. The number of hydrogen-bond donors (Lipinski definition) is 1. The van der Waals surface area contributed by atoms with Crippen molar-refractivity contribution in [2.75, 3.05) is 23.8 Å². The van der Waals surface area contributed by atoms with Gasteiger partial charge in [0.15, 0.2) is 0 Å². The molecule has 1 aliphatic heterocycles. The molecule has 0 radical (unpaired) electrons. The Balaban J connectivity index is 2.05. The largest absolute Gasteiger partial charge is 0.240 e. The fourth-order valence-corrected chi connectivity index (χ4v) is 6.10. The topological polar surface area (TPSA) is 46.2 Å². The third-order valence-electron chi connectivity index (χ3n) is 2.81. The smallest absolute Gasteiger partial charge is 0.210 e. The van der Waals surface area contributed by atoms with Crippen LogP contribution in [-0.4, -0.2) is 37.5 Å². The van der Waals surface area contributed by atoms with E-state index in [0.29, 0.717) is 27.3 Å². The van der Waals surface area contributed by atoms with Gasteiger partial charge in [-0.25, -0.2) is 13.1 Å². The van der Waals surface area contributed by atoms with Crippen molar-refractivity contribution in [1.29, 1.82) is 0 Å². The number of hydrogen-bond acceptors (Lipinski definition) is 4. The zero-order chi connectivity index (χ0) is 13.9. The summed E-state index contributed by atoms with van der Waals surface area (Å²) in [6, 6.07) is 4.83. The van der Waals surface area contributed by atoms with Crippen molar-refractivity contribution >= 4 is 45.1 Å². The molecule has 0 unspecified atom stereocenters. The summed E-state index contributed by atoms with van der Waals surface area (Å²) in [6.07, 6.45) is 0. The predicted molar refractivity (Wildman–Crippen MR) is 84.9 cm³/mol. The first kappa shape index (κ1) is 15.5. The quantitative estimate of drug-likeness (QED) is 0.917. The van der Waals surface area contributed by atoms with Crippen LogP contribution in [0.4, 0.5) is 0 Å². The minimum Gasteiger partial charge on any atom is -0.210 e. The molecule has 0 aromatic heterocycles. The Kier molecular flexibility index (Phi) is 5.48. The van der Waals surface area contributed by atoms with Crippen molar-refractivity contribution in [2.45, 2.75) is 17.1 Å². The molecule has 0 aliphatic carbocycles. The van der Waals surface area contributed by atoms with E-state index >= 15 is 0 Å². The van der Waals surface area contributed by atoms with Crippen molar-refractivity contribution in [3.05, 3.63) is 28.8 Å². The third kappa shape index (κ3) is 4.29. The van der Waals surface area contributed by atoms with E-state index in [1.54, 1.807) is 25.1 Å². The maximum Gasteiger partial charge on any atom is 0.240 e. The lowest BCUT2D eigenvalue weighted by Gasteiger charge is -2.21. The molecule has 0 bridgehead atoms. The van der Waals surface area contributed by atoms with Crippen LogP contribution in [0.1, 0.15) is 5.56 Å². The number of benzene rings is 1. The van der Waals surface area contributed by atoms with Crippen LogP contribution in [0.2, 0.25) is 5.02 Å². The van der Waals surface area contributed by atoms with Gasteiger partial charge in [-0.1, -0.05) is 11.6 Å². The zero-order valence-corrected chi connectivity index (χ0v) is 13.8. The number of rotatable bonds is 4. The Morgan fingerprint density at radius 2 is 2.21 bits per heavy atom. The van der Waals surface area contributed by atoms with Gasteiger partial charge in [0, 0.05) is 34.1 Å². The van der Waals surface area contributed by atoms with E-state index in [1.807, 2.05) is 23.5 Å². The second-order valence-corrected chi connectivity index (χ2v) is 9.06. The standard InChI is InChI=1S/C12H16ClNO2S3/c1-9-6-10(13)2-3-12(9)19(15,16)14-7-11-8-17-4-5-18-11/h2-3,6,11,14H,4-5,7-8H2,1H3/t11-/m0/s1. The fraction of sp³-hybridized carbons (Fsp3) is 0.500. The van der Waals surface area contributed by atoms with Crippen molar-refractivity contribution < 1.29 is 8.42 Å². The molecule has 19 heavy (non-hydrogen) atoms. The number of thioether (sulfide) groups is 2. The summed E-state index contributed by atoms with van der Waals surface area (Å²) in [5, 5.41) is 0.914. The molecule has 1 fully saturated rings. The lowest BCUT2D eigenvalue weighted by molar-refractivity contribution is 0.581. The summed E-state index contributed by atoms with van der Waals surface area (Å²) in [4.78, 5) is 0.311. The minimum atomic E-state index is -3.44. The van der Waals surface area contributed by atoms with Gasteiger partial charge in [0.25, 0.3) is 0 Å². The molecule has 1 N–H and O–H groups in total. The van der Waals surface area contributed by atoms with Gasteiger partial charge >= 0.3 is 0 Å². The van der Waals surface area contributed by atoms with Gasteiger partial charge in [0.1, 0.15) is 0 Å². The van der Waals surface area contributed by atoms with Gasteiger partial charge in [-0.2, -0.15) is 23.5 Å². The van der Waals surface area contributed by atoms with E-state index in [4.69, 9.17) is 11.6 Å². The molecule has 1 heterocycles. The molecule has 3 nitrogen and oxygen atoms in total. The second-order valence-electron chi connectivity index (χ2n) is 4.33. The van der Waals surface area contributed by atoms with E-state index in [1.165, 1.54) is 0 Å². The summed E-state index contributed by atoms with van der Waals surface area (Å²) in [5.74, 6) is 3.26. The highest BCUT2D eigenvalue weighted by Gasteiger charge is 2.20. The van der Waals surface area contributed by atoms with Crippen LogP contribution < -0.4 is 4.72 Å². The highest BCUT2D eigenvalue weighted by molar-refractivity contribution is 8.06. The molecule has 106 valence electrons. The Morgan fingerprint density at radius 1 is 1.42 bits per heavy atom. The van der Waals surface area contributed by atoms with Crippen LogP contribution in [0.3, 0.4) is 0 Å². The lowest BCUT2D eigenvalue weighted by Crippen LogP contribution is -2.33. The molecule has 1 atom stereocenters. The predicted octanol–water partition coefficient (Wildman–Crippen LogP) is 2.78. The van der Waals surface area contributed by atoms with E-state index in [-0.39, 0.29) is 0 Å². The summed E-state index contributed by atoms with van der Waals surface area (Å²) in [5.41, 5.74) is 0.672. The number of aryl methyl sites for hydroxylation is 1. The molecule has 1 aromatic carbocycles. The SMILES string of the molecule is Cc1cc(Cl)ccc1S(=O)(=O)NC[C@H]1CSCCS1. The van der Waals surface area contributed by atoms with Crippen molar-refractivity contribution in [1.82, 2.24) is 4.72 Å². The molecule has 0 amide bonds. The highest BCUT2D eigenvalue weighted by atomic mass is 35.5. The van der Waals surface area contributed by atoms with E-state index < -0.39 is 10.0 Å². The Labute approximate surface area is 127 Å². The van der Waals surface area contributed by atoms with Crippen molar-refractivity contribution in [2.24, 2.45) is 0 Å². The van der Waals surface area contributed by atoms with Crippen molar-refractivity contribution in [3.8, 4) is 0 Å². The van der Waals surface area contributed by atoms with Crippen LogP contribution in [-0.2, 0) is 10.0 Å². The normalized spacial score (nSPS) is 20.4. The van der Waals surface area contributed by atoms with Gasteiger partial charge in [0.05, 0.1) is 4.90 Å². The zero-order valence-electron chi connectivity index (χ0n) is 10.6. The van der Waals surface area contributed by atoms with E-state index in [9.17, 15) is 8.42 Å². The average Bonchev–Trinajstić information content (AvgIpc) is 2.37. The first-order valence-corrected chi connectivity index (χ1v) is 10.0. The monoisotopic (exact) mass is 337 g/mol. The molecule has 7 heteroatoms. The molecule has 1 aromatic rings. The van der Waals surface area contributed by atoms with Gasteiger partial charge < -0.3 is 0 Å². The van der Waals surface area contributed by atoms with Crippen LogP contribution in [0, 0.1) is 6.92 Å². The van der Waals surface area contributed by atoms with Crippen LogP contribution >= 0.6 is 35.1 Å². The van der Waals surface area contributed by atoms with E-state index in [2.05, 4.69) is 4.72 Å². The first-order chi connectivity index (χ1) is 8.99. The highest BCUT2D eigenvalue weighted by Crippen LogP contribution is 2.24. The summed E-state index contributed by atoms with van der Waals surface area (Å²) in [7, 11) is -3.44. The second kappa shape index (κ2) is 6.72. The minimum absolute atomic E-state index is 0.311. The maximum absolute atomic E-state index is 12.2.